The van der Waals surface area contributed by atoms with Crippen molar-refractivity contribution in [3.8, 4) is 0 Å². The maximum atomic E-state index is 5.54. The first-order valence-corrected chi connectivity index (χ1v) is 8.34. The summed E-state index contributed by atoms with van der Waals surface area (Å²) in [5.41, 5.74) is 0. The molecule has 0 aliphatic heterocycles. The molecule has 0 unspecified atom stereocenters. The predicted molar refractivity (Wildman–Crippen MR) is 106 cm³/mol. The molecule has 1 rings (SSSR count). The number of hydrogen-bond donors (Lipinski definition) is 2. The lowest BCUT2D eigenvalue weighted by Gasteiger charge is -2.12. The second-order valence-electron chi connectivity index (χ2n) is 5.71. The van der Waals surface area contributed by atoms with Crippen LogP contribution < -0.4 is 10.6 Å². The Kier molecular flexibility index (Phi) is 14.3. The second kappa shape index (κ2) is 14.8. The summed E-state index contributed by atoms with van der Waals surface area (Å²) in [4.78, 5) is 4.56. The Balaban J connectivity index is 0.00000484. The van der Waals surface area contributed by atoms with Crippen LogP contribution in [-0.2, 0) is 11.3 Å². The van der Waals surface area contributed by atoms with Gasteiger partial charge in [-0.05, 0) is 44.2 Å². The van der Waals surface area contributed by atoms with Gasteiger partial charge < -0.3 is 19.8 Å². The zero-order chi connectivity index (χ0) is 16.0. The van der Waals surface area contributed by atoms with Crippen LogP contribution in [-0.4, -0.2) is 32.2 Å². The lowest BCUT2D eigenvalue weighted by atomic mass is 10.1. The lowest BCUT2D eigenvalue weighted by molar-refractivity contribution is 0.105. The number of nitrogens with zero attached hydrogens (tertiary/aromatic N) is 1. The summed E-state index contributed by atoms with van der Waals surface area (Å²) in [5, 5.41) is 6.64. The molecule has 0 aliphatic rings. The number of guanidine groups is 1. The van der Waals surface area contributed by atoms with Crippen molar-refractivity contribution in [1.29, 1.82) is 0 Å². The molecule has 0 spiro atoms. The Labute approximate surface area is 157 Å². The minimum Gasteiger partial charge on any atom is -0.467 e. The third-order valence-electron chi connectivity index (χ3n) is 3.14. The van der Waals surface area contributed by atoms with Crippen molar-refractivity contribution in [1.82, 2.24) is 10.6 Å². The van der Waals surface area contributed by atoms with Crippen molar-refractivity contribution in [2.24, 2.45) is 10.9 Å². The fourth-order valence-electron chi connectivity index (χ4n) is 1.98. The SMILES string of the molecule is CCNC(=NCCCOCc1ccco1)NCCCC(C)C.I. The highest BCUT2D eigenvalue weighted by molar-refractivity contribution is 14.0. The van der Waals surface area contributed by atoms with Crippen LogP contribution >= 0.6 is 24.0 Å². The molecular formula is C17H32IN3O2. The molecule has 0 bridgehead atoms. The Morgan fingerprint density at radius 3 is 2.78 bits per heavy atom. The van der Waals surface area contributed by atoms with Crippen molar-refractivity contribution in [3.05, 3.63) is 24.2 Å². The second-order valence-corrected chi connectivity index (χ2v) is 5.71. The van der Waals surface area contributed by atoms with Gasteiger partial charge in [-0.2, -0.15) is 0 Å². The molecule has 1 heterocycles. The van der Waals surface area contributed by atoms with E-state index in [1.54, 1.807) is 6.26 Å². The van der Waals surface area contributed by atoms with Crippen molar-refractivity contribution >= 4 is 29.9 Å². The van der Waals surface area contributed by atoms with E-state index in [4.69, 9.17) is 9.15 Å². The highest BCUT2D eigenvalue weighted by Crippen LogP contribution is 2.02. The molecule has 0 atom stereocenters. The molecule has 0 amide bonds. The summed E-state index contributed by atoms with van der Waals surface area (Å²) >= 11 is 0. The fraction of sp³-hybridized carbons (Fsp3) is 0.706. The third kappa shape index (κ3) is 12.3. The first kappa shape index (κ1) is 22.2. The van der Waals surface area contributed by atoms with Crippen LogP contribution in [0.2, 0.25) is 0 Å². The smallest absolute Gasteiger partial charge is 0.191 e. The summed E-state index contributed by atoms with van der Waals surface area (Å²) < 4.78 is 10.8. The lowest BCUT2D eigenvalue weighted by Crippen LogP contribution is -2.38. The molecule has 1 aromatic heterocycles. The Morgan fingerprint density at radius 2 is 2.13 bits per heavy atom. The first-order valence-electron chi connectivity index (χ1n) is 8.34. The van der Waals surface area contributed by atoms with Crippen LogP contribution in [0.5, 0.6) is 0 Å². The molecular weight excluding hydrogens is 405 g/mol. The number of hydrogen-bond acceptors (Lipinski definition) is 3. The van der Waals surface area contributed by atoms with Gasteiger partial charge in [-0.25, -0.2) is 0 Å². The van der Waals surface area contributed by atoms with Crippen molar-refractivity contribution in [2.45, 2.75) is 46.6 Å². The van der Waals surface area contributed by atoms with Gasteiger partial charge in [-0.1, -0.05) is 13.8 Å². The Morgan fingerprint density at radius 1 is 1.30 bits per heavy atom. The van der Waals surface area contributed by atoms with Crippen LogP contribution in [0, 0.1) is 5.92 Å². The number of furan rings is 1. The fourth-order valence-corrected chi connectivity index (χ4v) is 1.98. The van der Waals surface area contributed by atoms with E-state index in [1.807, 2.05) is 12.1 Å². The van der Waals surface area contributed by atoms with Gasteiger partial charge >= 0.3 is 0 Å². The Hall–Kier alpha value is -0.760. The van der Waals surface area contributed by atoms with E-state index in [2.05, 4.69) is 36.4 Å². The monoisotopic (exact) mass is 437 g/mol. The zero-order valence-electron chi connectivity index (χ0n) is 14.6. The third-order valence-corrected chi connectivity index (χ3v) is 3.14. The van der Waals surface area contributed by atoms with E-state index in [9.17, 15) is 0 Å². The van der Waals surface area contributed by atoms with Crippen LogP contribution in [0.3, 0.4) is 0 Å². The highest BCUT2D eigenvalue weighted by Gasteiger charge is 1.99. The molecule has 23 heavy (non-hydrogen) atoms. The molecule has 2 N–H and O–H groups in total. The van der Waals surface area contributed by atoms with Gasteiger partial charge in [0.25, 0.3) is 0 Å². The van der Waals surface area contributed by atoms with Crippen molar-refractivity contribution in [3.63, 3.8) is 0 Å². The maximum absolute atomic E-state index is 5.54. The van der Waals surface area contributed by atoms with Gasteiger partial charge in [0.15, 0.2) is 5.96 Å². The van der Waals surface area contributed by atoms with Gasteiger partial charge in [-0.3, -0.25) is 4.99 Å². The molecule has 0 fully saturated rings. The minimum atomic E-state index is 0. The molecule has 134 valence electrons. The highest BCUT2D eigenvalue weighted by atomic mass is 127. The molecule has 0 saturated heterocycles. The number of aliphatic imine (C=N–C) groups is 1. The number of nitrogens with one attached hydrogen (secondary N) is 2. The van der Waals surface area contributed by atoms with Gasteiger partial charge in [0.1, 0.15) is 12.4 Å². The number of rotatable bonds is 11. The quantitative estimate of drug-likeness (QED) is 0.239. The van der Waals surface area contributed by atoms with Crippen molar-refractivity contribution in [2.75, 3.05) is 26.2 Å². The predicted octanol–water partition coefficient (Wildman–Crippen LogP) is 3.80. The standard InChI is InChI=1S/C17H31N3O2.HI/c1-4-18-17(19-10-5-8-15(2)3)20-11-7-12-21-14-16-9-6-13-22-16;/h6,9,13,15H,4-5,7-8,10-12,14H2,1-3H3,(H2,18,19,20);1H. The summed E-state index contributed by atoms with van der Waals surface area (Å²) in [6, 6.07) is 3.79. The summed E-state index contributed by atoms with van der Waals surface area (Å²) in [5.74, 6) is 2.52. The first-order chi connectivity index (χ1) is 10.7. The zero-order valence-corrected chi connectivity index (χ0v) is 17.0. The van der Waals surface area contributed by atoms with E-state index < -0.39 is 0 Å². The summed E-state index contributed by atoms with van der Waals surface area (Å²) in [7, 11) is 0. The molecule has 0 aliphatic carbocycles. The van der Waals surface area contributed by atoms with E-state index in [1.165, 1.54) is 12.8 Å². The molecule has 5 nitrogen and oxygen atoms in total. The molecule has 1 aromatic rings. The minimum absolute atomic E-state index is 0. The largest absolute Gasteiger partial charge is 0.467 e. The van der Waals surface area contributed by atoms with E-state index in [0.29, 0.717) is 13.2 Å². The van der Waals surface area contributed by atoms with E-state index >= 15 is 0 Å². The topological polar surface area (TPSA) is 58.8 Å². The molecule has 0 radical (unpaired) electrons. The van der Waals surface area contributed by atoms with Crippen molar-refractivity contribution < 1.29 is 9.15 Å². The van der Waals surface area contributed by atoms with Gasteiger partial charge in [0, 0.05) is 26.2 Å². The van der Waals surface area contributed by atoms with Crippen LogP contribution in [0.15, 0.2) is 27.8 Å². The van der Waals surface area contributed by atoms with Crippen LogP contribution in [0.4, 0.5) is 0 Å². The Bertz CT molecular complexity index is 395. The molecule has 6 heteroatoms. The number of ether oxygens (including phenoxy) is 1. The van der Waals surface area contributed by atoms with Gasteiger partial charge in [-0.15, -0.1) is 24.0 Å². The average Bonchev–Trinajstić information content (AvgIpc) is 3.00. The summed E-state index contributed by atoms with van der Waals surface area (Å²) in [6.07, 6.45) is 4.99. The molecule has 0 saturated carbocycles. The van der Waals surface area contributed by atoms with Crippen LogP contribution in [0.1, 0.15) is 45.8 Å². The van der Waals surface area contributed by atoms with Gasteiger partial charge in [0.2, 0.25) is 0 Å². The normalized spacial score (nSPS) is 11.4. The van der Waals surface area contributed by atoms with E-state index in [-0.39, 0.29) is 24.0 Å². The molecule has 0 aromatic carbocycles. The van der Waals surface area contributed by atoms with E-state index in [0.717, 1.165) is 43.7 Å². The van der Waals surface area contributed by atoms with Gasteiger partial charge in [0.05, 0.1) is 6.26 Å². The number of halogens is 1. The maximum Gasteiger partial charge on any atom is 0.191 e. The summed E-state index contributed by atoms with van der Waals surface area (Å²) in [6.45, 7) is 10.4. The van der Waals surface area contributed by atoms with Crippen LogP contribution in [0.25, 0.3) is 0 Å². The average molecular weight is 437 g/mol.